The van der Waals surface area contributed by atoms with Crippen molar-refractivity contribution in [1.29, 1.82) is 0 Å². The Hall–Kier alpha value is -0.580. The molecule has 1 aliphatic rings. The molecule has 1 aromatic carbocycles. The summed E-state index contributed by atoms with van der Waals surface area (Å²) in [5, 5.41) is 0.665. The van der Waals surface area contributed by atoms with Crippen molar-refractivity contribution in [1.82, 2.24) is 4.90 Å². The molecule has 1 fully saturated rings. The predicted octanol–water partition coefficient (Wildman–Crippen LogP) is 3.89. The monoisotopic (exact) mass is 358 g/mol. The fourth-order valence-electron chi connectivity index (χ4n) is 2.82. The molecule has 0 bridgehead atoms. The Balaban J connectivity index is 2.50. The molecule has 2 N–H and O–H groups in total. The van der Waals surface area contributed by atoms with Crippen molar-refractivity contribution < 1.29 is 4.79 Å². The van der Waals surface area contributed by atoms with E-state index in [1.54, 1.807) is 0 Å². The van der Waals surface area contributed by atoms with E-state index < -0.39 is 0 Å². The zero-order valence-corrected chi connectivity index (χ0v) is 14.3. The number of amides is 1. The number of likely N-dealkylation sites (tertiary alicyclic amines) is 1. The SMILES string of the molecule is CC(C)(C)N1C(=O)CCC(N)C1c1ccc(Cl)cc1Br. The van der Waals surface area contributed by atoms with Crippen molar-refractivity contribution in [2.24, 2.45) is 5.73 Å². The van der Waals surface area contributed by atoms with E-state index in [2.05, 4.69) is 15.9 Å². The summed E-state index contributed by atoms with van der Waals surface area (Å²) >= 11 is 9.55. The molecule has 1 saturated heterocycles. The average molecular weight is 360 g/mol. The summed E-state index contributed by atoms with van der Waals surface area (Å²) < 4.78 is 0.898. The summed E-state index contributed by atoms with van der Waals surface area (Å²) in [5.41, 5.74) is 7.07. The van der Waals surface area contributed by atoms with E-state index in [0.29, 0.717) is 17.9 Å². The molecular formula is C15H20BrClN2O. The lowest BCUT2D eigenvalue weighted by molar-refractivity contribution is -0.144. The molecule has 20 heavy (non-hydrogen) atoms. The maximum atomic E-state index is 12.4. The first kappa shape index (κ1) is 15.8. The first-order chi connectivity index (χ1) is 9.21. The summed E-state index contributed by atoms with van der Waals surface area (Å²) in [6.07, 6.45) is 1.23. The van der Waals surface area contributed by atoms with Gasteiger partial charge in [-0.25, -0.2) is 0 Å². The van der Waals surface area contributed by atoms with Gasteiger partial charge in [-0.3, -0.25) is 4.79 Å². The molecule has 2 rings (SSSR count). The molecule has 3 nitrogen and oxygen atoms in total. The summed E-state index contributed by atoms with van der Waals surface area (Å²) in [6.45, 7) is 6.12. The smallest absolute Gasteiger partial charge is 0.223 e. The summed E-state index contributed by atoms with van der Waals surface area (Å²) in [4.78, 5) is 14.3. The van der Waals surface area contributed by atoms with Crippen LogP contribution in [0, 0.1) is 0 Å². The van der Waals surface area contributed by atoms with Crippen LogP contribution in [0.3, 0.4) is 0 Å². The number of carbonyl (C=O) groups excluding carboxylic acids is 1. The van der Waals surface area contributed by atoms with Gasteiger partial charge >= 0.3 is 0 Å². The molecule has 0 aromatic heterocycles. The fraction of sp³-hybridized carbons (Fsp3) is 0.533. The molecule has 1 aromatic rings. The number of hydrogen-bond acceptors (Lipinski definition) is 2. The zero-order chi connectivity index (χ0) is 15.1. The summed E-state index contributed by atoms with van der Waals surface area (Å²) in [7, 11) is 0. The lowest BCUT2D eigenvalue weighted by Crippen LogP contribution is -2.56. The van der Waals surface area contributed by atoms with Crippen molar-refractivity contribution in [2.75, 3.05) is 0 Å². The van der Waals surface area contributed by atoms with Gasteiger partial charge in [-0.05, 0) is 44.9 Å². The number of benzene rings is 1. The van der Waals surface area contributed by atoms with E-state index in [1.807, 2.05) is 43.9 Å². The molecule has 5 heteroatoms. The predicted molar refractivity (Wildman–Crippen MR) is 85.7 cm³/mol. The standard InChI is InChI=1S/C15H20BrClN2O/c1-15(2,3)19-13(20)7-6-12(18)14(19)10-5-4-9(17)8-11(10)16/h4-5,8,12,14H,6-7,18H2,1-3H3. The number of nitrogens with two attached hydrogens (primary N) is 1. The molecule has 1 amide bonds. The van der Waals surface area contributed by atoms with Crippen molar-refractivity contribution in [3.05, 3.63) is 33.3 Å². The summed E-state index contributed by atoms with van der Waals surface area (Å²) in [6, 6.07) is 5.46. The van der Waals surface area contributed by atoms with Gasteiger partial charge in [-0.1, -0.05) is 33.6 Å². The Morgan fingerprint density at radius 2 is 2.05 bits per heavy atom. The molecule has 1 heterocycles. The van der Waals surface area contributed by atoms with Crippen LogP contribution in [0.25, 0.3) is 0 Å². The molecule has 1 aliphatic heterocycles. The van der Waals surface area contributed by atoms with Crippen LogP contribution in [0.2, 0.25) is 5.02 Å². The minimum absolute atomic E-state index is 0.0654. The van der Waals surface area contributed by atoms with Gasteiger partial charge in [-0.15, -0.1) is 0 Å². The number of nitrogens with zero attached hydrogens (tertiary/aromatic N) is 1. The molecular weight excluding hydrogens is 340 g/mol. The van der Waals surface area contributed by atoms with Crippen molar-refractivity contribution in [3.8, 4) is 0 Å². The van der Waals surface area contributed by atoms with E-state index in [-0.39, 0.29) is 23.5 Å². The van der Waals surface area contributed by atoms with Crippen LogP contribution in [0.4, 0.5) is 0 Å². The topological polar surface area (TPSA) is 46.3 Å². The highest BCUT2D eigenvalue weighted by Crippen LogP contribution is 2.39. The van der Waals surface area contributed by atoms with E-state index in [0.717, 1.165) is 10.0 Å². The highest BCUT2D eigenvalue weighted by molar-refractivity contribution is 9.10. The van der Waals surface area contributed by atoms with Gasteiger partial charge in [0.15, 0.2) is 0 Å². The second-order valence-electron chi connectivity index (χ2n) is 6.25. The summed E-state index contributed by atoms with van der Waals surface area (Å²) in [5.74, 6) is 0.158. The number of halogens is 2. The van der Waals surface area contributed by atoms with Crippen LogP contribution in [0.15, 0.2) is 22.7 Å². The Labute approximate surface area is 133 Å². The molecule has 2 atom stereocenters. The molecule has 110 valence electrons. The number of rotatable bonds is 1. The van der Waals surface area contributed by atoms with Crippen LogP contribution >= 0.6 is 27.5 Å². The van der Waals surface area contributed by atoms with Crippen LogP contribution in [0.5, 0.6) is 0 Å². The Kier molecular flexibility index (Phi) is 4.47. The first-order valence-corrected chi connectivity index (χ1v) is 7.91. The Bertz CT molecular complexity index is 527. The number of hydrogen-bond donors (Lipinski definition) is 1. The minimum atomic E-state index is -0.265. The van der Waals surface area contributed by atoms with E-state index in [9.17, 15) is 4.79 Å². The van der Waals surface area contributed by atoms with Gasteiger partial charge in [0.25, 0.3) is 0 Å². The average Bonchev–Trinajstić information content (AvgIpc) is 2.31. The van der Waals surface area contributed by atoms with Crippen LogP contribution < -0.4 is 5.73 Å². The third kappa shape index (κ3) is 3.02. The first-order valence-electron chi connectivity index (χ1n) is 6.74. The third-order valence-corrected chi connectivity index (χ3v) is 4.57. The van der Waals surface area contributed by atoms with Crippen molar-refractivity contribution in [3.63, 3.8) is 0 Å². The maximum Gasteiger partial charge on any atom is 0.223 e. The quantitative estimate of drug-likeness (QED) is 0.827. The van der Waals surface area contributed by atoms with Crippen LogP contribution in [0.1, 0.15) is 45.2 Å². The van der Waals surface area contributed by atoms with E-state index in [4.69, 9.17) is 17.3 Å². The lowest BCUT2D eigenvalue weighted by atomic mass is 9.86. The number of piperidine rings is 1. The van der Waals surface area contributed by atoms with Gasteiger partial charge in [0.1, 0.15) is 0 Å². The van der Waals surface area contributed by atoms with Gasteiger partial charge in [-0.2, -0.15) is 0 Å². The van der Waals surface area contributed by atoms with Crippen molar-refractivity contribution in [2.45, 2.75) is 51.2 Å². The maximum absolute atomic E-state index is 12.4. The second kappa shape index (κ2) is 5.66. The highest BCUT2D eigenvalue weighted by Gasteiger charge is 2.41. The molecule has 0 saturated carbocycles. The Morgan fingerprint density at radius 1 is 1.40 bits per heavy atom. The van der Waals surface area contributed by atoms with Crippen LogP contribution in [-0.4, -0.2) is 22.4 Å². The van der Waals surface area contributed by atoms with Gasteiger partial charge in [0.2, 0.25) is 5.91 Å². The molecule has 0 spiro atoms. The van der Waals surface area contributed by atoms with E-state index >= 15 is 0 Å². The van der Waals surface area contributed by atoms with Gasteiger partial charge in [0.05, 0.1) is 6.04 Å². The normalized spacial score (nSPS) is 24.1. The second-order valence-corrected chi connectivity index (χ2v) is 7.54. The third-order valence-electron chi connectivity index (χ3n) is 3.65. The Morgan fingerprint density at radius 3 is 2.60 bits per heavy atom. The lowest BCUT2D eigenvalue weighted by Gasteiger charge is -2.47. The molecule has 2 unspecified atom stereocenters. The fourth-order valence-corrected chi connectivity index (χ4v) is 3.73. The largest absolute Gasteiger partial charge is 0.329 e. The van der Waals surface area contributed by atoms with E-state index in [1.165, 1.54) is 0 Å². The van der Waals surface area contributed by atoms with Crippen molar-refractivity contribution >= 4 is 33.4 Å². The van der Waals surface area contributed by atoms with Gasteiger partial charge in [0, 0.05) is 27.5 Å². The highest BCUT2D eigenvalue weighted by atomic mass is 79.9. The van der Waals surface area contributed by atoms with Crippen LogP contribution in [-0.2, 0) is 4.79 Å². The van der Waals surface area contributed by atoms with Gasteiger partial charge < -0.3 is 10.6 Å². The zero-order valence-electron chi connectivity index (χ0n) is 12.0. The minimum Gasteiger partial charge on any atom is -0.329 e. The number of carbonyl (C=O) groups is 1. The molecule has 0 radical (unpaired) electrons. The molecule has 0 aliphatic carbocycles.